The standard InChI is InChI=1S/C28H37FN2O3/c1-20(27(33)30-24-8-6-5-7-9-24)31(18-21-10-14-23(29)15-11-21)26(32)19-34-25-16-12-22(13-17-25)28(2,3)4/h10-17,20,24H,5-9,18-19H2,1-4H3,(H,30,33). The average molecular weight is 469 g/mol. The predicted octanol–water partition coefficient (Wildman–Crippen LogP) is 5.37. The van der Waals surface area contributed by atoms with Gasteiger partial charge in [-0.05, 0) is 60.6 Å². The summed E-state index contributed by atoms with van der Waals surface area (Å²) in [6.07, 6.45) is 5.36. The predicted molar refractivity (Wildman–Crippen MR) is 132 cm³/mol. The van der Waals surface area contributed by atoms with Crippen LogP contribution in [0.15, 0.2) is 48.5 Å². The van der Waals surface area contributed by atoms with Gasteiger partial charge in [-0.15, -0.1) is 0 Å². The van der Waals surface area contributed by atoms with Gasteiger partial charge in [0.2, 0.25) is 5.91 Å². The van der Waals surface area contributed by atoms with Crippen molar-refractivity contribution < 1.29 is 18.7 Å². The van der Waals surface area contributed by atoms with Gasteiger partial charge in [0.25, 0.3) is 5.91 Å². The summed E-state index contributed by atoms with van der Waals surface area (Å²) in [4.78, 5) is 27.7. The molecule has 1 aliphatic rings. The van der Waals surface area contributed by atoms with E-state index in [0.29, 0.717) is 5.75 Å². The van der Waals surface area contributed by atoms with Crippen molar-refractivity contribution in [1.29, 1.82) is 0 Å². The molecule has 0 spiro atoms. The summed E-state index contributed by atoms with van der Waals surface area (Å²) in [6.45, 7) is 8.16. The van der Waals surface area contributed by atoms with Gasteiger partial charge >= 0.3 is 0 Å². The Morgan fingerprint density at radius 2 is 1.65 bits per heavy atom. The number of nitrogens with zero attached hydrogens (tertiary/aromatic N) is 1. The topological polar surface area (TPSA) is 58.6 Å². The van der Waals surface area contributed by atoms with Crippen LogP contribution in [-0.4, -0.2) is 35.4 Å². The first-order valence-corrected chi connectivity index (χ1v) is 12.2. The van der Waals surface area contributed by atoms with Crippen molar-refractivity contribution in [3.8, 4) is 5.75 Å². The molecule has 1 atom stereocenters. The van der Waals surface area contributed by atoms with Crippen LogP contribution in [0.3, 0.4) is 0 Å². The smallest absolute Gasteiger partial charge is 0.261 e. The van der Waals surface area contributed by atoms with Crippen LogP contribution in [0.1, 0.15) is 70.9 Å². The highest BCUT2D eigenvalue weighted by Gasteiger charge is 2.28. The van der Waals surface area contributed by atoms with Crippen LogP contribution in [0.2, 0.25) is 0 Å². The first-order chi connectivity index (χ1) is 16.1. The number of carbonyl (C=O) groups excluding carboxylic acids is 2. The molecule has 0 bridgehead atoms. The fourth-order valence-corrected chi connectivity index (χ4v) is 4.22. The molecule has 1 saturated carbocycles. The van der Waals surface area contributed by atoms with Crippen LogP contribution in [0, 0.1) is 5.82 Å². The van der Waals surface area contributed by atoms with Gasteiger partial charge in [0.1, 0.15) is 17.6 Å². The van der Waals surface area contributed by atoms with Crippen LogP contribution in [0.4, 0.5) is 4.39 Å². The van der Waals surface area contributed by atoms with Gasteiger partial charge in [-0.1, -0.05) is 64.3 Å². The van der Waals surface area contributed by atoms with Crippen molar-refractivity contribution in [2.45, 2.75) is 83.8 Å². The Hall–Kier alpha value is -2.89. The molecule has 2 aromatic carbocycles. The molecule has 0 aliphatic heterocycles. The first kappa shape index (κ1) is 25.7. The highest BCUT2D eigenvalue weighted by molar-refractivity contribution is 5.88. The van der Waals surface area contributed by atoms with Crippen LogP contribution >= 0.6 is 0 Å². The molecule has 1 unspecified atom stereocenters. The number of benzene rings is 2. The number of carbonyl (C=O) groups is 2. The summed E-state index contributed by atoms with van der Waals surface area (Å²) < 4.78 is 19.1. The van der Waals surface area contributed by atoms with Crippen molar-refractivity contribution in [3.05, 3.63) is 65.5 Å². The van der Waals surface area contributed by atoms with Crippen molar-refractivity contribution in [1.82, 2.24) is 10.2 Å². The lowest BCUT2D eigenvalue weighted by Gasteiger charge is -2.31. The molecule has 0 radical (unpaired) electrons. The summed E-state index contributed by atoms with van der Waals surface area (Å²) in [5, 5.41) is 3.11. The Morgan fingerprint density at radius 3 is 2.24 bits per heavy atom. The molecule has 2 aromatic rings. The van der Waals surface area contributed by atoms with E-state index in [4.69, 9.17) is 4.74 Å². The molecule has 0 heterocycles. The fraction of sp³-hybridized carbons (Fsp3) is 0.500. The third kappa shape index (κ3) is 7.31. The average Bonchev–Trinajstić information content (AvgIpc) is 2.82. The third-order valence-corrected chi connectivity index (χ3v) is 6.47. The largest absolute Gasteiger partial charge is 0.484 e. The Bertz CT molecular complexity index is 945. The SMILES string of the molecule is CC(C(=O)NC1CCCCC1)N(Cc1ccc(F)cc1)C(=O)COc1ccc(C(C)(C)C)cc1. The number of halogens is 1. The highest BCUT2D eigenvalue weighted by atomic mass is 19.1. The zero-order valence-electron chi connectivity index (χ0n) is 20.8. The zero-order chi connectivity index (χ0) is 24.7. The maximum absolute atomic E-state index is 13.4. The summed E-state index contributed by atoms with van der Waals surface area (Å²) >= 11 is 0. The molecule has 0 aromatic heterocycles. The number of nitrogens with one attached hydrogen (secondary N) is 1. The Balaban J connectivity index is 1.69. The maximum atomic E-state index is 13.4. The van der Waals surface area contributed by atoms with E-state index in [1.165, 1.54) is 29.0 Å². The van der Waals surface area contributed by atoms with E-state index in [2.05, 4.69) is 26.1 Å². The second-order valence-electron chi connectivity index (χ2n) is 10.2. The van der Waals surface area contributed by atoms with Crippen LogP contribution in [0.5, 0.6) is 5.75 Å². The molecule has 1 N–H and O–H groups in total. The van der Waals surface area contributed by atoms with Crippen molar-refractivity contribution >= 4 is 11.8 Å². The minimum atomic E-state index is -0.675. The van der Waals surface area contributed by atoms with E-state index in [0.717, 1.165) is 31.2 Å². The number of ether oxygens (including phenoxy) is 1. The van der Waals surface area contributed by atoms with Crippen LogP contribution in [0.25, 0.3) is 0 Å². The van der Waals surface area contributed by atoms with Gasteiger partial charge in [0.15, 0.2) is 6.61 Å². The van der Waals surface area contributed by atoms with Crippen LogP contribution in [-0.2, 0) is 21.5 Å². The molecule has 0 saturated heterocycles. The normalized spacial score (nSPS) is 15.4. The lowest BCUT2D eigenvalue weighted by molar-refractivity contribution is -0.142. The number of rotatable bonds is 8. The van der Waals surface area contributed by atoms with Gasteiger partial charge in [-0.2, -0.15) is 0 Å². The van der Waals surface area contributed by atoms with E-state index < -0.39 is 6.04 Å². The number of hydrogen-bond donors (Lipinski definition) is 1. The Labute approximate surface area is 202 Å². The monoisotopic (exact) mass is 468 g/mol. The van der Waals surface area contributed by atoms with E-state index >= 15 is 0 Å². The lowest BCUT2D eigenvalue weighted by Crippen LogP contribution is -2.51. The van der Waals surface area contributed by atoms with Gasteiger partial charge in [-0.25, -0.2) is 4.39 Å². The second kappa shape index (κ2) is 11.5. The Morgan fingerprint density at radius 1 is 1.03 bits per heavy atom. The molecule has 1 fully saturated rings. The van der Waals surface area contributed by atoms with E-state index in [9.17, 15) is 14.0 Å². The number of hydrogen-bond acceptors (Lipinski definition) is 3. The fourth-order valence-electron chi connectivity index (χ4n) is 4.22. The van der Waals surface area contributed by atoms with Gasteiger partial charge < -0.3 is 15.0 Å². The first-order valence-electron chi connectivity index (χ1n) is 12.2. The van der Waals surface area contributed by atoms with E-state index in [-0.39, 0.29) is 42.2 Å². The molecule has 34 heavy (non-hydrogen) atoms. The lowest BCUT2D eigenvalue weighted by atomic mass is 9.87. The quantitative estimate of drug-likeness (QED) is 0.567. The van der Waals surface area contributed by atoms with Crippen LogP contribution < -0.4 is 10.1 Å². The molecule has 3 rings (SSSR count). The second-order valence-corrected chi connectivity index (χ2v) is 10.2. The molecule has 1 aliphatic carbocycles. The van der Waals surface area contributed by atoms with Gasteiger partial charge in [-0.3, -0.25) is 9.59 Å². The van der Waals surface area contributed by atoms with Gasteiger partial charge in [0.05, 0.1) is 0 Å². The minimum absolute atomic E-state index is 0.0292. The molecule has 2 amide bonds. The van der Waals surface area contributed by atoms with Crippen molar-refractivity contribution in [2.24, 2.45) is 0 Å². The van der Waals surface area contributed by atoms with Crippen molar-refractivity contribution in [2.75, 3.05) is 6.61 Å². The van der Waals surface area contributed by atoms with Gasteiger partial charge in [0, 0.05) is 12.6 Å². The summed E-state index contributed by atoms with van der Waals surface area (Å²) in [5.74, 6) is -0.207. The number of amides is 2. The molecule has 5 nitrogen and oxygen atoms in total. The summed E-state index contributed by atoms with van der Waals surface area (Å²) in [5.41, 5.74) is 1.96. The summed E-state index contributed by atoms with van der Waals surface area (Å²) in [6, 6.07) is 13.2. The Kier molecular flexibility index (Phi) is 8.70. The molecule has 6 heteroatoms. The van der Waals surface area contributed by atoms with E-state index in [1.54, 1.807) is 19.1 Å². The minimum Gasteiger partial charge on any atom is -0.484 e. The zero-order valence-corrected chi connectivity index (χ0v) is 20.8. The third-order valence-electron chi connectivity index (χ3n) is 6.47. The van der Waals surface area contributed by atoms with Crippen molar-refractivity contribution in [3.63, 3.8) is 0 Å². The summed E-state index contributed by atoms with van der Waals surface area (Å²) in [7, 11) is 0. The molecule has 184 valence electrons. The maximum Gasteiger partial charge on any atom is 0.261 e. The molecular weight excluding hydrogens is 431 g/mol. The highest BCUT2D eigenvalue weighted by Crippen LogP contribution is 2.24. The van der Waals surface area contributed by atoms with E-state index in [1.807, 2.05) is 24.3 Å². The molecular formula is C28H37FN2O3.